The average Bonchev–Trinajstić information content (AvgIpc) is 3.03. The van der Waals surface area contributed by atoms with E-state index in [-0.39, 0.29) is 18.5 Å². The predicted octanol–water partition coefficient (Wildman–Crippen LogP) is 3.44. The van der Waals surface area contributed by atoms with Crippen molar-refractivity contribution in [3.8, 4) is 11.5 Å². The Morgan fingerprint density at radius 1 is 1.31 bits per heavy atom. The first-order valence-electron chi connectivity index (χ1n) is 8.67. The van der Waals surface area contributed by atoms with Crippen molar-refractivity contribution < 1.29 is 14.3 Å². The second kappa shape index (κ2) is 9.24. The fraction of sp³-hybridized carbons (Fsp3) is 0.150. The lowest BCUT2D eigenvalue weighted by Gasteiger charge is -2.12. The van der Waals surface area contributed by atoms with Gasteiger partial charge in [-0.3, -0.25) is 4.79 Å². The molecular weight excluding hydrogens is 438 g/mol. The van der Waals surface area contributed by atoms with Gasteiger partial charge in [-0.2, -0.15) is 5.10 Å². The third-order valence-electron chi connectivity index (χ3n) is 3.87. The van der Waals surface area contributed by atoms with Gasteiger partial charge in [0.25, 0.3) is 5.91 Å². The van der Waals surface area contributed by atoms with Crippen LogP contribution in [-0.2, 0) is 4.79 Å². The molecule has 0 spiro atoms. The number of aromatic nitrogens is 2. The van der Waals surface area contributed by atoms with Gasteiger partial charge in [0, 0.05) is 10.0 Å². The lowest BCUT2D eigenvalue weighted by atomic mass is 10.2. The molecule has 0 aliphatic carbocycles. The molecule has 2 aromatic carbocycles. The van der Waals surface area contributed by atoms with Gasteiger partial charge in [0.15, 0.2) is 6.61 Å². The molecule has 0 atom stereocenters. The van der Waals surface area contributed by atoms with Gasteiger partial charge in [-0.1, -0.05) is 28.1 Å². The van der Waals surface area contributed by atoms with Crippen LogP contribution in [0.25, 0.3) is 0 Å². The van der Waals surface area contributed by atoms with Gasteiger partial charge in [-0.05, 0) is 37.3 Å². The van der Waals surface area contributed by atoms with Gasteiger partial charge in [0.1, 0.15) is 11.5 Å². The quantitative estimate of drug-likeness (QED) is 0.528. The van der Waals surface area contributed by atoms with Gasteiger partial charge >= 0.3 is 0 Å². The fourth-order valence-electron chi connectivity index (χ4n) is 2.55. The Balaban J connectivity index is 1.71. The highest BCUT2D eigenvalue weighted by molar-refractivity contribution is 9.10. The van der Waals surface area contributed by atoms with Crippen molar-refractivity contribution >= 4 is 39.7 Å². The Morgan fingerprint density at radius 3 is 2.83 bits per heavy atom. The number of amides is 1. The summed E-state index contributed by atoms with van der Waals surface area (Å²) in [6.07, 6.45) is 3.31. The second-order valence-electron chi connectivity index (χ2n) is 6.05. The molecule has 1 aromatic heterocycles. The van der Waals surface area contributed by atoms with Crippen molar-refractivity contribution in [1.82, 2.24) is 9.66 Å². The van der Waals surface area contributed by atoms with Crippen LogP contribution >= 0.6 is 15.9 Å². The highest BCUT2D eigenvalue weighted by atomic mass is 79.9. The molecule has 0 radical (unpaired) electrons. The van der Waals surface area contributed by atoms with Crippen molar-refractivity contribution in [3.63, 3.8) is 0 Å². The Kier molecular flexibility index (Phi) is 6.50. The smallest absolute Gasteiger partial charge is 0.262 e. The standard InChI is InChI=1S/C20H20BrN5O3/c1-13-11-26(20(22)24-13)23-10-14-9-15(21)7-8-17(14)29-12-19(27)25-16-5-3-4-6-18(16)28-2/h3-11H,12H2,1-2H3,(H2,22,24)(H,25,27). The number of halogens is 1. The topological polar surface area (TPSA) is 104 Å². The molecule has 0 fully saturated rings. The number of ether oxygens (including phenoxy) is 2. The summed E-state index contributed by atoms with van der Waals surface area (Å²) < 4.78 is 13.2. The van der Waals surface area contributed by atoms with E-state index >= 15 is 0 Å². The molecule has 8 nitrogen and oxygen atoms in total. The zero-order chi connectivity index (χ0) is 20.8. The summed E-state index contributed by atoms with van der Waals surface area (Å²) in [6, 6.07) is 12.6. The number of methoxy groups -OCH3 is 1. The van der Waals surface area contributed by atoms with Crippen LogP contribution in [0.2, 0.25) is 0 Å². The van der Waals surface area contributed by atoms with Crippen LogP contribution in [0.5, 0.6) is 11.5 Å². The van der Waals surface area contributed by atoms with E-state index in [1.165, 1.54) is 4.68 Å². The van der Waals surface area contributed by atoms with Crippen molar-refractivity contribution in [3.05, 3.63) is 64.4 Å². The maximum absolute atomic E-state index is 12.3. The Labute approximate surface area is 176 Å². The monoisotopic (exact) mass is 457 g/mol. The molecule has 0 bridgehead atoms. The maximum atomic E-state index is 12.3. The largest absolute Gasteiger partial charge is 0.495 e. The number of nitrogens with two attached hydrogens (primary N) is 1. The van der Waals surface area contributed by atoms with Gasteiger partial charge in [-0.25, -0.2) is 9.66 Å². The first kappa shape index (κ1) is 20.4. The summed E-state index contributed by atoms with van der Waals surface area (Å²) in [5, 5.41) is 7.07. The van der Waals surface area contributed by atoms with Gasteiger partial charge < -0.3 is 20.5 Å². The molecule has 0 aliphatic rings. The molecular formula is C20H20BrN5O3. The molecule has 3 aromatic rings. The minimum absolute atomic E-state index is 0.174. The molecule has 1 heterocycles. The number of para-hydroxylation sites is 2. The first-order chi connectivity index (χ1) is 14.0. The highest BCUT2D eigenvalue weighted by Crippen LogP contribution is 2.24. The second-order valence-corrected chi connectivity index (χ2v) is 6.96. The predicted molar refractivity (Wildman–Crippen MR) is 116 cm³/mol. The van der Waals surface area contributed by atoms with Crippen molar-refractivity contribution in [2.75, 3.05) is 24.8 Å². The van der Waals surface area contributed by atoms with Crippen LogP contribution < -0.4 is 20.5 Å². The number of nitrogens with zero attached hydrogens (tertiary/aromatic N) is 3. The average molecular weight is 458 g/mol. The summed E-state index contributed by atoms with van der Waals surface area (Å²) in [7, 11) is 1.55. The lowest BCUT2D eigenvalue weighted by Crippen LogP contribution is -2.20. The fourth-order valence-corrected chi connectivity index (χ4v) is 2.93. The van der Waals surface area contributed by atoms with Gasteiger partial charge in [-0.15, -0.1) is 0 Å². The molecule has 150 valence electrons. The molecule has 3 N–H and O–H groups in total. The van der Waals surface area contributed by atoms with E-state index < -0.39 is 0 Å². The number of carbonyl (C=O) groups is 1. The Bertz CT molecular complexity index is 1050. The molecule has 29 heavy (non-hydrogen) atoms. The van der Waals surface area contributed by atoms with E-state index in [1.54, 1.807) is 37.7 Å². The zero-order valence-electron chi connectivity index (χ0n) is 15.9. The summed E-state index contributed by atoms with van der Waals surface area (Å²) in [5.74, 6) is 1.05. The normalized spacial score (nSPS) is 10.9. The number of aryl methyl sites for hydroxylation is 1. The van der Waals surface area contributed by atoms with Crippen LogP contribution in [0.4, 0.5) is 11.6 Å². The van der Waals surface area contributed by atoms with E-state index in [4.69, 9.17) is 15.2 Å². The molecule has 3 rings (SSSR count). The third kappa shape index (κ3) is 5.35. The molecule has 1 amide bonds. The maximum Gasteiger partial charge on any atom is 0.262 e. The Hall–Kier alpha value is -3.33. The summed E-state index contributed by atoms with van der Waals surface area (Å²) >= 11 is 3.43. The van der Waals surface area contributed by atoms with Crippen LogP contribution in [0, 0.1) is 6.92 Å². The number of rotatable bonds is 7. The number of nitrogens with one attached hydrogen (secondary N) is 1. The van der Waals surface area contributed by atoms with Crippen molar-refractivity contribution in [2.45, 2.75) is 6.92 Å². The lowest BCUT2D eigenvalue weighted by molar-refractivity contribution is -0.118. The number of hydrogen-bond acceptors (Lipinski definition) is 6. The summed E-state index contributed by atoms with van der Waals surface area (Å²) in [4.78, 5) is 16.4. The van der Waals surface area contributed by atoms with E-state index in [0.29, 0.717) is 22.7 Å². The molecule has 0 saturated heterocycles. The van der Waals surface area contributed by atoms with Crippen LogP contribution in [-0.4, -0.2) is 35.5 Å². The number of benzene rings is 2. The van der Waals surface area contributed by atoms with E-state index in [0.717, 1.165) is 10.2 Å². The first-order valence-corrected chi connectivity index (χ1v) is 9.46. The molecule has 0 saturated carbocycles. The van der Waals surface area contributed by atoms with Gasteiger partial charge in [0.05, 0.1) is 30.9 Å². The van der Waals surface area contributed by atoms with E-state index in [1.807, 2.05) is 31.2 Å². The summed E-state index contributed by atoms with van der Waals surface area (Å²) in [5.41, 5.74) is 7.82. The van der Waals surface area contributed by atoms with Crippen LogP contribution in [0.1, 0.15) is 11.3 Å². The van der Waals surface area contributed by atoms with E-state index in [9.17, 15) is 4.79 Å². The summed E-state index contributed by atoms with van der Waals surface area (Å²) in [6.45, 7) is 1.66. The van der Waals surface area contributed by atoms with Gasteiger partial charge in [0.2, 0.25) is 5.95 Å². The van der Waals surface area contributed by atoms with Crippen molar-refractivity contribution in [1.29, 1.82) is 0 Å². The third-order valence-corrected chi connectivity index (χ3v) is 4.36. The number of anilines is 2. The number of carbonyl (C=O) groups excluding carboxylic acids is 1. The molecule has 0 unspecified atom stereocenters. The molecule has 0 aliphatic heterocycles. The van der Waals surface area contributed by atoms with Crippen LogP contribution in [0.15, 0.2) is 58.2 Å². The number of imidazole rings is 1. The SMILES string of the molecule is COc1ccccc1NC(=O)COc1ccc(Br)cc1C=Nn1cc(C)nc1N. The Morgan fingerprint density at radius 2 is 2.10 bits per heavy atom. The van der Waals surface area contributed by atoms with Crippen LogP contribution in [0.3, 0.4) is 0 Å². The number of hydrogen-bond donors (Lipinski definition) is 2. The highest BCUT2D eigenvalue weighted by Gasteiger charge is 2.10. The van der Waals surface area contributed by atoms with E-state index in [2.05, 4.69) is 31.3 Å². The van der Waals surface area contributed by atoms with Crippen molar-refractivity contribution in [2.24, 2.45) is 5.10 Å². The number of nitrogen functional groups attached to an aromatic ring is 1. The minimum Gasteiger partial charge on any atom is -0.495 e. The molecule has 9 heteroatoms. The zero-order valence-corrected chi connectivity index (χ0v) is 17.5. The minimum atomic E-state index is -0.310.